The first-order valence-corrected chi connectivity index (χ1v) is 11.4. The number of carbonyl (C=O) groups excluding carboxylic acids is 1. The number of hydrogen-bond donors (Lipinski definition) is 2. The van der Waals surface area contributed by atoms with Gasteiger partial charge in [0.1, 0.15) is 12.2 Å². The van der Waals surface area contributed by atoms with E-state index in [0.717, 1.165) is 77.4 Å². The number of morpholine rings is 1. The zero-order chi connectivity index (χ0) is 20.8. The van der Waals surface area contributed by atoms with Crippen LogP contribution in [-0.2, 0) is 27.2 Å². The van der Waals surface area contributed by atoms with Gasteiger partial charge in [0.05, 0.1) is 25.2 Å². The number of halogens is 2. The molecule has 1 saturated carbocycles. The maximum atomic E-state index is 13.4. The highest BCUT2D eigenvalue weighted by molar-refractivity contribution is 5.85. The van der Waals surface area contributed by atoms with Gasteiger partial charge in [-0.05, 0) is 38.1 Å². The van der Waals surface area contributed by atoms with Crippen LogP contribution in [0.25, 0.3) is 0 Å². The molecule has 2 aliphatic heterocycles. The number of hydrogen-bond acceptors (Lipinski definition) is 7. The van der Waals surface area contributed by atoms with Crippen LogP contribution in [0, 0.1) is 11.3 Å². The Hall–Kier alpha value is -0.970. The minimum atomic E-state index is -0.273. The van der Waals surface area contributed by atoms with E-state index in [4.69, 9.17) is 9.47 Å². The number of nitrogens with zero attached hydrogens (tertiary/aromatic N) is 4. The number of aromatic nitrogens is 3. The third-order valence-electron chi connectivity index (χ3n) is 7.25. The van der Waals surface area contributed by atoms with Gasteiger partial charge in [-0.1, -0.05) is 0 Å². The average Bonchev–Trinajstić information content (AvgIpc) is 3.25. The van der Waals surface area contributed by atoms with Gasteiger partial charge in [-0.2, -0.15) is 0 Å². The van der Waals surface area contributed by atoms with E-state index >= 15 is 0 Å². The molecule has 3 fully saturated rings. The molecule has 11 heteroatoms. The van der Waals surface area contributed by atoms with E-state index in [9.17, 15) is 4.79 Å². The summed E-state index contributed by atoms with van der Waals surface area (Å²) < 4.78 is 12.7. The summed E-state index contributed by atoms with van der Waals surface area (Å²) in [5.74, 6) is 1.55. The molecule has 2 saturated heterocycles. The first kappa shape index (κ1) is 27.3. The second-order valence-electron chi connectivity index (χ2n) is 8.83. The van der Waals surface area contributed by atoms with Crippen LogP contribution in [0.2, 0.25) is 0 Å². The lowest BCUT2D eigenvalue weighted by atomic mass is 9.61. The molecule has 0 radical (unpaired) electrons. The van der Waals surface area contributed by atoms with Crippen molar-refractivity contribution in [2.24, 2.45) is 11.3 Å². The number of carbonyl (C=O) groups is 1. The monoisotopic (exact) mass is 492 g/mol. The Bertz CT molecular complexity index is 703. The van der Waals surface area contributed by atoms with E-state index in [0.29, 0.717) is 31.5 Å². The van der Waals surface area contributed by atoms with Crippen LogP contribution in [0.4, 0.5) is 0 Å². The van der Waals surface area contributed by atoms with Crippen molar-refractivity contribution in [3.63, 3.8) is 0 Å². The summed E-state index contributed by atoms with van der Waals surface area (Å²) in [4.78, 5) is 16.0. The van der Waals surface area contributed by atoms with Crippen LogP contribution < -0.4 is 10.6 Å². The number of ether oxygens (including phenoxy) is 2. The molecule has 1 aromatic heterocycles. The average molecular weight is 493 g/mol. The van der Waals surface area contributed by atoms with Crippen LogP contribution in [0.5, 0.6) is 0 Å². The molecule has 0 spiro atoms. The van der Waals surface area contributed by atoms with E-state index in [1.54, 1.807) is 13.4 Å². The lowest BCUT2D eigenvalue weighted by Gasteiger charge is -2.50. The van der Waals surface area contributed by atoms with Crippen molar-refractivity contribution >= 4 is 30.7 Å². The Kier molecular flexibility index (Phi) is 11.1. The molecule has 3 heterocycles. The zero-order valence-electron chi connectivity index (χ0n) is 19.0. The standard InChI is InChI=1S/C21H36N6O3.2ClH/c1-29-11-8-27-16-24-25-19(27)4-7-23-20(28)21-5-2-18(26-9-12-30-13-10-26)14-17(21)3-6-22-15-21;;/h16-18,22H,2-15H2,1H3,(H,23,28);2*1H/t17-,18+,21-;;/m1../s1. The Morgan fingerprint density at radius 3 is 2.94 bits per heavy atom. The molecule has 0 aromatic carbocycles. The van der Waals surface area contributed by atoms with Crippen LogP contribution >= 0.6 is 24.8 Å². The molecule has 0 bridgehead atoms. The first-order chi connectivity index (χ1) is 14.7. The van der Waals surface area contributed by atoms with Gasteiger partial charge in [-0.25, -0.2) is 0 Å². The van der Waals surface area contributed by atoms with Crippen molar-refractivity contribution in [2.75, 3.05) is 59.7 Å². The number of fused-ring (bicyclic) bond motifs is 1. The van der Waals surface area contributed by atoms with Gasteiger partial charge in [0.2, 0.25) is 5.91 Å². The minimum absolute atomic E-state index is 0. The van der Waals surface area contributed by atoms with Crippen molar-refractivity contribution in [1.82, 2.24) is 30.3 Å². The Balaban J connectivity index is 0.00000181. The fourth-order valence-electron chi connectivity index (χ4n) is 5.48. The Morgan fingerprint density at radius 1 is 1.34 bits per heavy atom. The number of nitrogens with one attached hydrogen (secondary N) is 2. The number of methoxy groups -OCH3 is 1. The molecule has 4 rings (SSSR count). The van der Waals surface area contributed by atoms with Crippen molar-refractivity contribution in [1.29, 1.82) is 0 Å². The highest BCUT2D eigenvalue weighted by Gasteiger charge is 2.50. The molecular formula is C21H38Cl2N6O3. The first-order valence-electron chi connectivity index (χ1n) is 11.4. The van der Waals surface area contributed by atoms with E-state index < -0.39 is 0 Å². The number of rotatable bonds is 8. The second kappa shape index (κ2) is 13.1. The van der Waals surface area contributed by atoms with Crippen molar-refractivity contribution in [2.45, 2.75) is 44.7 Å². The van der Waals surface area contributed by atoms with E-state index in [1.165, 1.54) is 0 Å². The fraction of sp³-hybridized carbons (Fsp3) is 0.857. The van der Waals surface area contributed by atoms with Gasteiger partial charge in [0.15, 0.2) is 0 Å². The normalized spacial score (nSPS) is 28.2. The van der Waals surface area contributed by atoms with Gasteiger partial charge in [0.25, 0.3) is 0 Å². The van der Waals surface area contributed by atoms with Crippen molar-refractivity contribution in [3.8, 4) is 0 Å². The summed E-state index contributed by atoms with van der Waals surface area (Å²) in [5.41, 5.74) is -0.273. The maximum Gasteiger partial charge on any atom is 0.227 e. The lowest BCUT2D eigenvalue weighted by molar-refractivity contribution is -0.140. The summed E-state index contributed by atoms with van der Waals surface area (Å²) in [6.45, 7) is 7.47. The molecule has 1 amide bonds. The zero-order valence-corrected chi connectivity index (χ0v) is 20.6. The molecule has 184 valence electrons. The van der Waals surface area contributed by atoms with Crippen LogP contribution in [-0.4, -0.2) is 91.3 Å². The SMILES string of the molecule is COCCn1cnnc1CCNC(=O)[C@@]12CC[C@H](N3CCOCC3)C[C@H]1CCNC2.Cl.Cl. The molecule has 3 atom stereocenters. The smallest absolute Gasteiger partial charge is 0.227 e. The Labute approximate surface area is 203 Å². The minimum Gasteiger partial charge on any atom is -0.383 e. The predicted molar refractivity (Wildman–Crippen MR) is 127 cm³/mol. The van der Waals surface area contributed by atoms with Crippen LogP contribution in [0.15, 0.2) is 6.33 Å². The van der Waals surface area contributed by atoms with Crippen molar-refractivity contribution < 1.29 is 14.3 Å². The van der Waals surface area contributed by atoms with Gasteiger partial charge in [-0.3, -0.25) is 9.69 Å². The third kappa shape index (κ3) is 6.12. The molecule has 2 N–H and O–H groups in total. The molecule has 0 unspecified atom stereocenters. The predicted octanol–water partition coefficient (Wildman–Crippen LogP) is 0.907. The molecule has 32 heavy (non-hydrogen) atoms. The number of amides is 1. The van der Waals surface area contributed by atoms with Gasteiger partial charge >= 0.3 is 0 Å². The van der Waals surface area contributed by atoms with Gasteiger partial charge in [-0.15, -0.1) is 35.0 Å². The topological polar surface area (TPSA) is 93.5 Å². The Morgan fingerprint density at radius 2 is 2.16 bits per heavy atom. The highest BCUT2D eigenvalue weighted by Crippen LogP contribution is 2.46. The third-order valence-corrected chi connectivity index (χ3v) is 7.25. The molecule has 3 aliphatic rings. The lowest BCUT2D eigenvalue weighted by Crippen LogP contribution is -2.60. The van der Waals surface area contributed by atoms with E-state index in [2.05, 4.69) is 25.7 Å². The maximum absolute atomic E-state index is 13.4. The van der Waals surface area contributed by atoms with Crippen molar-refractivity contribution in [3.05, 3.63) is 12.2 Å². The summed E-state index contributed by atoms with van der Waals surface area (Å²) in [6.07, 6.45) is 6.67. The quantitative estimate of drug-likeness (QED) is 0.556. The molecule has 1 aromatic rings. The van der Waals surface area contributed by atoms with Gasteiger partial charge < -0.3 is 24.7 Å². The molecule has 9 nitrogen and oxygen atoms in total. The number of piperidine rings is 1. The fourth-order valence-corrected chi connectivity index (χ4v) is 5.48. The van der Waals surface area contributed by atoms with Crippen LogP contribution in [0.3, 0.4) is 0 Å². The van der Waals surface area contributed by atoms with E-state index in [-0.39, 0.29) is 36.1 Å². The second-order valence-corrected chi connectivity index (χ2v) is 8.83. The molecular weight excluding hydrogens is 455 g/mol. The largest absolute Gasteiger partial charge is 0.383 e. The van der Waals surface area contributed by atoms with Gasteiger partial charge in [0, 0.05) is 52.3 Å². The summed E-state index contributed by atoms with van der Waals surface area (Å²) >= 11 is 0. The molecule has 1 aliphatic carbocycles. The highest BCUT2D eigenvalue weighted by atomic mass is 35.5. The van der Waals surface area contributed by atoms with E-state index in [1.807, 2.05) is 4.57 Å². The summed E-state index contributed by atoms with van der Waals surface area (Å²) in [7, 11) is 1.69. The summed E-state index contributed by atoms with van der Waals surface area (Å²) in [6, 6.07) is 0.595. The van der Waals surface area contributed by atoms with Crippen LogP contribution in [0.1, 0.15) is 31.5 Å². The summed E-state index contributed by atoms with van der Waals surface area (Å²) in [5, 5.41) is 14.9.